The van der Waals surface area contributed by atoms with Gasteiger partial charge in [0.1, 0.15) is 8.96 Å². The van der Waals surface area contributed by atoms with Gasteiger partial charge in [0, 0.05) is 0 Å². The summed E-state index contributed by atoms with van der Waals surface area (Å²) in [6.45, 7) is 9.35. The maximum Gasteiger partial charge on any atom is 0.111 e. The highest BCUT2D eigenvalue weighted by atomic mass is 28.3. The van der Waals surface area contributed by atoms with Gasteiger partial charge in [-0.2, -0.15) is 0 Å². The van der Waals surface area contributed by atoms with Gasteiger partial charge in [0.25, 0.3) is 0 Å². The molecule has 0 saturated heterocycles. The van der Waals surface area contributed by atoms with Gasteiger partial charge in [-0.15, -0.1) is 0 Å². The van der Waals surface area contributed by atoms with E-state index < -0.39 is 8.96 Å². The molecule has 0 radical (unpaired) electrons. The van der Waals surface area contributed by atoms with Crippen molar-refractivity contribution in [1.29, 1.82) is 0 Å². The molecule has 0 aromatic carbocycles. The van der Waals surface area contributed by atoms with E-state index in [0.29, 0.717) is 0 Å². The quantitative estimate of drug-likeness (QED) is 0.598. The lowest BCUT2D eigenvalue weighted by molar-refractivity contribution is 0.579. The molecule has 12 heavy (non-hydrogen) atoms. The van der Waals surface area contributed by atoms with E-state index in [1.54, 1.807) is 0 Å². The van der Waals surface area contributed by atoms with E-state index in [0.717, 1.165) is 11.8 Å². The maximum absolute atomic E-state index is 2.50. The third kappa shape index (κ3) is 5.78. The molecule has 0 bridgehead atoms. The van der Waals surface area contributed by atoms with Crippen molar-refractivity contribution in [1.82, 2.24) is 4.57 Å². The maximum atomic E-state index is 2.50. The first kappa shape index (κ1) is 12.2. The Balaban J connectivity index is 3.87. The summed E-state index contributed by atoms with van der Waals surface area (Å²) < 4.78 is 2.50. The van der Waals surface area contributed by atoms with Crippen LogP contribution >= 0.6 is 0 Å². The van der Waals surface area contributed by atoms with Crippen molar-refractivity contribution < 1.29 is 0 Å². The summed E-state index contributed by atoms with van der Waals surface area (Å²) in [5.74, 6) is 1.76. The van der Waals surface area contributed by atoms with Crippen molar-refractivity contribution >= 4 is 8.96 Å². The van der Waals surface area contributed by atoms with Gasteiger partial charge in [0.15, 0.2) is 0 Å². The van der Waals surface area contributed by atoms with E-state index in [2.05, 4.69) is 46.4 Å². The average molecular weight is 187 g/mol. The third-order valence-corrected chi connectivity index (χ3v) is 6.65. The van der Waals surface area contributed by atoms with Gasteiger partial charge >= 0.3 is 0 Å². The zero-order valence-corrected chi connectivity index (χ0v) is 10.7. The molecule has 0 aromatic rings. The van der Waals surface area contributed by atoms with Gasteiger partial charge in [-0.25, -0.2) is 0 Å². The van der Waals surface area contributed by atoms with Crippen molar-refractivity contribution in [3.63, 3.8) is 0 Å². The highest BCUT2D eigenvalue weighted by molar-refractivity contribution is 6.55. The molecule has 2 heteroatoms. The van der Waals surface area contributed by atoms with Crippen molar-refractivity contribution in [2.45, 2.75) is 39.8 Å². The highest BCUT2D eigenvalue weighted by Gasteiger charge is 2.16. The van der Waals surface area contributed by atoms with Crippen LogP contribution in [0.2, 0.25) is 12.1 Å². The monoisotopic (exact) mass is 187 g/mol. The van der Waals surface area contributed by atoms with Gasteiger partial charge in [0.05, 0.1) is 0 Å². The summed E-state index contributed by atoms with van der Waals surface area (Å²) >= 11 is 0. The predicted octanol–water partition coefficient (Wildman–Crippen LogP) is 2.58. The van der Waals surface area contributed by atoms with E-state index in [-0.39, 0.29) is 0 Å². The first-order valence-corrected chi connectivity index (χ1v) is 7.24. The third-order valence-electron chi connectivity index (χ3n) is 2.22. The van der Waals surface area contributed by atoms with Gasteiger partial charge in [0.2, 0.25) is 0 Å². The lowest BCUT2D eigenvalue weighted by Crippen LogP contribution is -2.34. The van der Waals surface area contributed by atoms with Crippen LogP contribution in [-0.4, -0.2) is 27.6 Å². The molecule has 74 valence electrons. The van der Waals surface area contributed by atoms with Crippen LogP contribution in [0.15, 0.2) is 0 Å². The zero-order valence-electron chi connectivity index (χ0n) is 9.59. The Hall–Kier alpha value is 0.177. The molecule has 0 saturated carbocycles. The molecule has 0 aliphatic heterocycles. The largest absolute Gasteiger partial charge is 0.331 e. The second kappa shape index (κ2) is 5.76. The minimum atomic E-state index is -0.590. The molecule has 0 spiro atoms. The smallest absolute Gasteiger partial charge is 0.111 e. The van der Waals surface area contributed by atoms with Gasteiger partial charge < -0.3 is 4.57 Å². The standard InChI is InChI=1S/C10H25NSi/c1-9(2)7-12(11(5)6)8-10(3)4/h9-10,12H,7-8H2,1-6H3. The lowest BCUT2D eigenvalue weighted by atomic mass is 10.3. The minimum Gasteiger partial charge on any atom is -0.331 e. The first-order valence-electron chi connectivity index (χ1n) is 5.10. The number of rotatable bonds is 5. The average Bonchev–Trinajstić information content (AvgIpc) is 1.83. The van der Waals surface area contributed by atoms with Gasteiger partial charge in [-0.1, -0.05) is 27.7 Å². The van der Waals surface area contributed by atoms with Crippen LogP contribution in [-0.2, 0) is 0 Å². The van der Waals surface area contributed by atoms with Crippen molar-refractivity contribution in [2.75, 3.05) is 14.1 Å². The van der Waals surface area contributed by atoms with E-state index in [1.165, 1.54) is 12.1 Å². The Morgan fingerprint density at radius 1 is 0.917 bits per heavy atom. The van der Waals surface area contributed by atoms with E-state index >= 15 is 0 Å². The topological polar surface area (TPSA) is 3.24 Å². The molecule has 0 rings (SSSR count). The summed E-state index contributed by atoms with van der Waals surface area (Å²) in [6, 6.07) is 2.93. The fraction of sp³-hybridized carbons (Fsp3) is 1.00. The normalized spacial score (nSPS) is 12.5. The Bertz CT molecular complexity index is 100. The molecular weight excluding hydrogens is 162 g/mol. The number of hydrogen-bond acceptors (Lipinski definition) is 1. The highest BCUT2D eigenvalue weighted by Crippen LogP contribution is 2.15. The molecule has 0 aliphatic rings. The summed E-state index contributed by atoms with van der Waals surface area (Å²) in [7, 11) is 3.91. The zero-order chi connectivity index (χ0) is 9.72. The molecule has 0 amide bonds. The van der Waals surface area contributed by atoms with Crippen molar-refractivity contribution in [2.24, 2.45) is 11.8 Å². The predicted molar refractivity (Wildman–Crippen MR) is 60.1 cm³/mol. The van der Waals surface area contributed by atoms with E-state index in [9.17, 15) is 0 Å². The molecule has 0 fully saturated rings. The minimum absolute atomic E-state index is 0.590. The van der Waals surface area contributed by atoms with Crippen molar-refractivity contribution in [3.8, 4) is 0 Å². The Morgan fingerprint density at radius 3 is 1.42 bits per heavy atom. The van der Waals surface area contributed by atoms with Crippen LogP contribution in [0.25, 0.3) is 0 Å². The Kier molecular flexibility index (Phi) is 5.84. The summed E-state index contributed by atoms with van der Waals surface area (Å²) in [5, 5.41) is 0. The van der Waals surface area contributed by atoms with Crippen LogP contribution in [0.3, 0.4) is 0 Å². The number of nitrogens with zero attached hydrogens (tertiary/aromatic N) is 1. The molecule has 0 aliphatic carbocycles. The molecular formula is C10H25NSi. The molecule has 0 heterocycles. The number of hydrogen-bond donors (Lipinski definition) is 0. The van der Waals surface area contributed by atoms with Gasteiger partial charge in [-0.05, 0) is 38.0 Å². The Labute approximate surface area is 79.8 Å². The van der Waals surface area contributed by atoms with Crippen LogP contribution in [0.4, 0.5) is 0 Å². The summed E-state index contributed by atoms with van der Waals surface area (Å²) in [4.78, 5) is 0. The van der Waals surface area contributed by atoms with E-state index in [4.69, 9.17) is 0 Å². The molecule has 0 N–H and O–H groups in total. The van der Waals surface area contributed by atoms with Crippen LogP contribution in [0, 0.1) is 11.8 Å². The molecule has 0 aromatic heterocycles. The summed E-state index contributed by atoms with van der Waals surface area (Å²) in [6.07, 6.45) is 0. The second-order valence-corrected chi connectivity index (χ2v) is 8.16. The van der Waals surface area contributed by atoms with Crippen LogP contribution in [0.5, 0.6) is 0 Å². The van der Waals surface area contributed by atoms with Crippen LogP contribution in [0.1, 0.15) is 27.7 Å². The van der Waals surface area contributed by atoms with Crippen LogP contribution < -0.4 is 0 Å². The van der Waals surface area contributed by atoms with E-state index in [1.807, 2.05) is 0 Å². The fourth-order valence-corrected chi connectivity index (χ4v) is 4.82. The van der Waals surface area contributed by atoms with Crippen molar-refractivity contribution in [3.05, 3.63) is 0 Å². The fourth-order valence-electron chi connectivity index (χ4n) is 1.61. The molecule has 0 atom stereocenters. The van der Waals surface area contributed by atoms with Gasteiger partial charge in [-0.3, -0.25) is 0 Å². The Morgan fingerprint density at radius 2 is 1.25 bits per heavy atom. The molecule has 0 unspecified atom stereocenters. The summed E-state index contributed by atoms with van der Waals surface area (Å²) in [5.41, 5.74) is 0. The SMILES string of the molecule is CC(C)C[SiH](CC(C)C)N(C)C. The molecule has 1 nitrogen and oxygen atoms in total. The first-order chi connectivity index (χ1) is 5.43. The lowest BCUT2D eigenvalue weighted by Gasteiger charge is -2.25. The second-order valence-electron chi connectivity index (χ2n) is 4.88.